The molecular formula is C48H98N2O4. The van der Waals surface area contributed by atoms with Gasteiger partial charge in [-0.3, -0.25) is 9.59 Å². The molecule has 0 aromatic rings. The Morgan fingerprint density at radius 2 is 0.685 bits per heavy atom. The second-order valence-electron chi connectivity index (χ2n) is 16.0. The number of esters is 2. The minimum atomic E-state index is 0.0582. The van der Waals surface area contributed by atoms with E-state index in [-0.39, 0.29) is 23.8 Å². The number of hydrogen-bond donors (Lipinski definition) is 1. The van der Waals surface area contributed by atoms with Gasteiger partial charge >= 0.3 is 11.9 Å². The van der Waals surface area contributed by atoms with Crippen molar-refractivity contribution in [1.29, 1.82) is 0 Å². The van der Waals surface area contributed by atoms with Crippen molar-refractivity contribution in [3.8, 4) is 0 Å². The monoisotopic (exact) mass is 767 g/mol. The zero-order valence-corrected chi connectivity index (χ0v) is 37.7. The number of unbranched alkanes of at least 4 members (excludes halogenated alkanes) is 22. The SMILES string of the molecule is CC.CCCCCCCCC(CCCCCC)C(=O)OCCCCCCN(CCN)CCCCCCOC(=O)C(CCCCCC)CCCCCCCC. The highest BCUT2D eigenvalue weighted by atomic mass is 16.5. The van der Waals surface area contributed by atoms with Crippen molar-refractivity contribution < 1.29 is 19.1 Å². The Bertz CT molecular complexity index is 690. The fourth-order valence-corrected chi connectivity index (χ4v) is 7.42. The molecule has 0 saturated carbocycles. The van der Waals surface area contributed by atoms with Crippen LogP contribution in [0.25, 0.3) is 0 Å². The highest BCUT2D eigenvalue weighted by Gasteiger charge is 2.20. The lowest BCUT2D eigenvalue weighted by molar-refractivity contribution is -0.150. The summed E-state index contributed by atoms with van der Waals surface area (Å²) in [5, 5.41) is 0. The Kier molecular flexibility index (Phi) is 47.1. The van der Waals surface area contributed by atoms with E-state index in [9.17, 15) is 9.59 Å². The first-order valence-electron chi connectivity index (χ1n) is 24.3. The minimum absolute atomic E-state index is 0.0582. The molecular weight excluding hydrogens is 669 g/mol. The van der Waals surface area contributed by atoms with Crippen molar-refractivity contribution >= 4 is 11.9 Å². The van der Waals surface area contributed by atoms with Crippen LogP contribution in [-0.4, -0.2) is 56.2 Å². The van der Waals surface area contributed by atoms with Gasteiger partial charge in [-0.1, -0.05) is 196 Å². The van der Waals surface area contributed by atoms with Crippen LogP contribution in [0.4, 0.5) is 0 Å². The molecule has 324 valence electrons. The fraction of sp³-hybridized carbons (Fsp3) is 0.958. The number of carbonyl (C=O) groups is 2. The van der Waals surface area contributed by atoms with Gasteiger partial charge in [-0.15, -0.1) is 0 Å². The van der Waals surface area contributed by atoms with E-state index in [2.05, 4.69) is 32.6 Å². The molecule has 0 spiro atoms. The number of nitrogens with two attached hydrogens (primary N) is 1. The predicted octanol–water partition coefficient (Wildman–Crippen LogP) is 14.2. The summed E-state index contributed by atoms with van der Waals surface area (Å²) in [5.41, 5.74) is 5.94. The molecule has 0 aromatic carbocycles. The molecule has 0 fully saturated rings. The highest BCUT2D eigenvalue weighted by Crippen LogP contribution is 2.22. The van der Waals surface area contributed by atoms with Gasteiger partial charge in [0, 0.05) is 13.1 Å². The van der Waals surface area contributed by atoms with E-state index in [0.717, 1.165) is 96.7 Å². The molecule has 0 aliphatic heterocycles. The van der Waals surface area contributed by atoms with Gasteiger partial charge in [-0.2, -0.15) is 0 Å². The van der Waals surface area contributed by atoms with Crippen LogP contribution in [0.3, 0.4) is 0 Å². The van der Waals surface area contributed by atoms with Crippen molar-refractivity contribution in [3.05, 3.63) is 0 Å². The number of hydrogen-bond acceptors (Lipinski definition) is 6. The lowest BCUT2D eigenvalue weighted by atomic mass is 9.94. The highest BCUT2D eigenvalue weighted by molar-refractivity contribution is 5.72. The molecule has 2 atom stereocenters. The predicted molar refractivity (Wildman–Crippen MR) is 236 cm³/mol. The summed E-state index contributed by atoms with van der Waals surface area (Å²) in [6, 6.07) is 0. The first-order valence-corrected chi connectivity index (χ1v) is 24.3. The van der Waals surface area contributed by atoms with E-state index in [1.54, 1.807) is 0 Å². The number of ether oxygens (including phenoxy) is 2. The molecule has 0 heterocycles. The van der Waals surface area contributed by atoms with Crippen LogP contribution in [0, 0.1) is 11.8 Å². The first-order chi connectivity index (χ1) is 26.5. The van der Waals surface area contributed by atoms with Gasteiger partial charge in [0.1, 0.15) is 0 Å². The van der Waals surface area contributed by atoms with E-state index in [1.165, 1.54) is 128 Å². The molecule has 0 aliphatic carbocycles. The average Bonchev–Trinajstić information content (AvgIpc) is 3.18. The Morgan fingerprint density at radius 1 is 0.407 bits per heavy atom. The summed E-state index contributed by atoms with van der Waals surface area (Å²) < 4.78 is 11.6. The third-order valence-electron chi connectivity index (χ3n) is 11.0. The normalized spacial score (nSPS) is 12.4. The number of nitrogens with zero attached hydrogens (tertiary/aromatic N) is 1. The summed E-state index contributed by atoms with van der Waals surface area (Å²) in [4.78, 5) is 28.4. The number of carbonyl (C=O) groups excluding carboxylic acids is 2. The molecule has 2 unspecified atom stereocenters. The summed E-state index contributed by atoms with van der Waals surface area (Å²) in [7, 11) is 0. The smallest absolute Gasteiger partial charge is 0.308 e. The van der Waals surface area contributed by atoms with E-state index in [0.29, 0.717) is 19.8 Å². The third-order valence-corrected chi connectivity index (χ3v) is 11.0. The molecule has 54 heavy (non-hydrogen) atoms. The van der Waals surface area contributed by atoms with Crippen LogP contribution >= 0.6 is 0 Å². The Morgan fingerprint density at radius 3 is 1.02 bits per heavy atom. The first kappa shape index (κ1) is 55.0. The molecule has 0 aliphatic rings. The molecule has 6 heteroatoms. The molecule has 0 amide bonds. The van der Waals surface area contributed by atoms with Crippen LogP contribution in [-0.2, 0) is 19.1 Å². The lowest BCUT2D eigenvalue weighted by Crippen LogP contribution is -2.31. The van der Waals surface area contributed by atoms with Crippen molar-refractivity contribution in [3.63, 3.8) is 0 Å². The van der Waals surface area contributed by atoms with Gasteiger partial charge < -0.3 is 20.1 Å². The Labute approximate surface area is 339 Å². The Hall–Kier alpha value is -1.14. The zero-order valence-electron chi connectivity index (χ0n) is 37.7. The summed E-state index contributed by atoms with van der Waals surface area (Å²) >= 11 is 0. The second kappa shape index (κ2) is 46.2. The lowest BCUT2D eigenvalue weighted by Gasteiger charge is -2.21. The number of rotatable bonds is 42. The topological polar surface area (TPSA) is 81.9 Å². The largest absolute Gasteiger partial charge is 0.465 e. The minimum Gasteiger partial charge on any atom is -0.465 e. The van der Waals surface area contributed by atoms with Crippen LogP contribution < -0.4 is 5.73 Å². The van der Waals surface area contributed by atoms with Gasteiger partial charge in [0.2, 0.25) is 0 Å². The van der Waals surface area contributed by atoms with Gasteiger partial charge in [-0.25, -0.2) is 0 Å². The van der Waals surface area contributed by atoms with Gasteiger partial charge in [0.05, 0.1) is 25.0 Å². The van der Waals surface area contributed by atoms with Gasteiger partial charge in [0.25, 0.3) is 0 Å². The maximum atomic E-state index is 12.9. The molecule has 0 bridgehead atoms. The molecule has 2 N–H and O–H groups in total. The van der Waals surface area contributed by atoms with Crippen LogP contribution in [0.1, 0.15) is 247 Å². The van der Waals surface area contributed by atoms with Crippen molar-refractivity contribution in [2.75, 3.05) is 39.4 Å². The van der Waals surface area contributed by atoms with Gasteiger partial charge in [0.15, 0.2) is 0 Å². The average molecular weight is 767 g/mol. The maximum Gasteiger partial charge on any atom is 0.308 e. The van der Waals surface area contributed by atoms with Crippen molar-refractivity contribution in [2.45, 2.75) is 247 Å². The Balaban J connectivity index is 0. The molecule has 0 saturated heterocycles. The second-order valence-corrected chi connectivity index (χ2v) is 16.0. The van der Waals surface area contributed by atoms with E-state index >= 15 is 0 Å². The zero-order chi connectivity index (χ0) is 40.2. The summed E-state index contributed by atoms with van der Waals surface area (Å²) in [5.74, 6) is 0.311. The van der Waals surface area contributed by atoms with Crippen LogP contribution in [0.2, 0.25) is 0 Å². The fourth-order valence-electron chi connectivity index (χ4n) is 7.42. The van der Waals surface area contributed by atoms with E-state index in [4.69, 9.17) is 15.2 Å². The van der Waals surface area contributed by atoms with E-state index in [1.807, 2.05) is 13.8 Å². The summed E-state index contributed by atoms with van der Waals surface area (Å²) in [6.45, 7) is 18.0. The standard InChI is InChI=1S/C46H92N2O4.C2H6/c1-5-9-13-17-19-27-35-43(33-25-15-11-7-3)45(49)51-41-31-23-21-29-38-48(40-37-47)39-30-22-24-32-42-52-46(50)44(34-26-16-12-8-4)36-28-20-18-14-10-6-2;1-2/h43-44H,5-42,47H2,1-4H3;1-2H3. The van der Waals surface area contributed by atoms with Crippen LogP contribution in [0.15, 0.2) is 0 Å². The molecule has 0 rings (SSSR count). The summed E-state index contributed by atoms with van der Waals surface area (Å²) in [6.07, 6.45) is 37.8. The molecule has 6 nitrogen and oxygen atoms in total. The van der Waals surface area contributed by atoms with Crippen molar-refractivity contribution in [2.24, 2.45) is 17.6 Å². The van der Waals surface area contributed by atoms with Crippen molar-refractivity contribution in [1.82, 2.24) is 4.90 Å². The van der Waals surface area contributed by atoms with Crippen LogP contribution in [0.5, 0.6) is 0 Å². The third kappa shape index (κ3) is 37.8. The van der Waals surface area contributed by atoms with E-state index < -0.39 is 0 Å². The molecule has 0 radical (unpaired) electrons. The quantitative estimate of drug-likeness (QED) is 0.0492. The maximum absolute atomic E-state index is 12.9. The molecule has 0 aromatic heterocycles. The van der Waals surface area contributed by atoms with Gasteiger partial charge in [-0.05, 0) is 64.5 Å².